The summed E-state index contributed by atoms with van der Waals surface area (Å²) in [6, 6.07) is 5.56. The Kier molecular flexibility index (Phi) is 4.57. The van der Waals surface area contributed by atoms with Gasteiger partial charge < -0.3 is 19.6 Å². The van der Waals surface area contributed by atoms with Gasteiger partial charge in [-0.05, 0) is 31.7 Å². The molecule has 0 saturated carbocycles. The van der Waals surface area contributed by atoms with E-state index in [4.69, 9.17) is 4.52 Å². The molecule has 2 aromatic heterocycles. The van der Waals surface area contributed by atoms with Crippen LogP contribution in [0.3, 0.4) is 0 Å². The van der Waals surface area contributed by atoms with E-state index in [0.29, 0.717) is 12.2 Å². The van der Waals surface area contributed by atoms with Crippen molar-refractivity contribution in [2.24, 2.45) is 0 Å². The van der Waals surface area contributed by atoms with Gasteiger partial charge in [0.25, 0.3) is 5.91 Å². The average molecular weight is 315 g/mol. The van der Waals surface area contributed by atoms with Gasteiger partial charge in [-0.2, -0.15) is 0 Å². The third-order valence-electron chi connectivity index (χ3n) is 3.94. The maximum Gasteiger partial charge on any atom is 0.290 e. The van der Waals surface area contributed by atoms with Crippen LogP contribution in [-0.2, 0) is 6.54 Å². The van der Waals surface area contributed by atoms with Crippen LogP contribution in [0.2, 0.25) is 0 Å². The molecule has 0 aromatic carbocycles. The number of carbonyl (C=O) groups is 1. The molecule has 1 fully saturated rings. The van der Waals surface area contributed by atoms with E-state index in [0.717, 1.165) is 37.6 Å². The van der Waals surface area contributed by atoms with Gasteiger partial charge in [-0.3, -0.25) is 4.79 Å². The summed E-state index contributed by atoms with van der Waals surface area (Å²) < 4.78 is 4.96. The lowest BCUT2D eigenvalue weighted by Crippen LogP contribution is -2.44. The summed E-state index contributed by atoms with van der Waals surface area (Å²) in [6.45, 7) is 6.22. The van der Waals surface area contributed by atoms with E-state index >= 15 is 0 Å². The molecule has 1 aliphatic rings. The molecule has 1 aliphatic heterocycles. The van der Waals surface area contributed by atoms with Crippen molar-refractivity contribution >= 4 is 11.7 Å². The van der Waals surface area contributed by atoms with Gasteiger partial charge >= 0.3 is 0 Å². The first-order valence-electron chi connectivity index (χ1n) is 7.72. The summed E-state index contributed by atoms with van der Waals surface area (Å²) in [5, 5.41) is 6.56. The van der Waals surface area contributed by atoms with Crippen molar-refractivity contribution < 1.29 is 9.32 Å². The summed E-state index contributed by atoms with van der Waals surface area (Å²) in [6.07, 6.45) is 1.79. The molecule has 122 valence electrons. The highest BCUT2D eigenvalue weighted by Crippen LogP contribution is 2.15. The number of aromatic nitrogens is 2. The smallest absolute Gasteiger partial charge is 0.290 e. The Balaban J connectivity index is 1.60. The minimum absolute atomic E-state index is 0.232. The van der Waals surface area contributed by atoms with Crippen LogP contribution >= 0.6 is 0 Å². The molecule has 1 amide bonds. The minimum Gasteiger partial charge on any atom is -0.354 e. The lowest BCUT2D eigenvalue weighted by Gasteiger charge is -2.33. The SMILES string of the molecule is Cc1cc(C(=O)NCc2ccnc(N3CCN(C)CC3)c2)on1. The van der Waals surface area contributed by atoms with E-state index in [1.54, 1.807) is 19.2 Å². The van der Waals surface area contributed by atoms with Crippen LogP contribution in [-0.4, -0.2) is 54.2 Å². The highest BCUT2D eigenvalue weighted by Gasteiger charge is 2.16. The van der Waals surface area contributed by atoms with Crippen molar-refractivity contribution in [2.75, 3.05) is 38.1 Å². The molecule has 7 nitrogen and oxygen atoms in total. The number of anilines is 1. The predicted molar refractivity (Wildman–Crippen MR) is 86.4 cm³/mol. The zero-order valence-electron chi connectivity index (χ0n) is 13.5. The second kappa shape index (κ2) is 6.78. The number of rotatable bonds is 4. The number of nitrogens with zero attached hydrogens (tertiary/aromatic N) is 4. The van der Waals surface area contributed by atoms with Gasteiger partial charge in [0.2, 0.25) is 5.76 Å². The van der Waals surface area contributed by atoms with E-state index in [-0.39, 0.29) is 11.7 Å². The quantitative estimate of drug-likeness (QED) is 0.909. The van der Waals surface area contributed by atoms with E-state index < -0.39 is 0 Å². The topological polar surface area (TPSA) is 74.5 Å². The first-order chi connectivity index (χ1) is 11.1. The monoisotopic (exact) mass is 315 g/mol. The van der Waals surface area contributed by atoms with Crippen LogP contribution in [0, 0.1) is 6.92 Å². The zero-order valence-corrected chi connectivity index (χ0v) is 13.5. The molecular formula is C16H21N5O2. The maximum atomic E-state index is 12.0. The number of pyridine rings is 1. The fourth-order valence-corrected chi connectivity index (χ4v) is 2.52. The summed E-state index contributed by atoms with van der Waals surface area (Å²) >= 11 is 0. The highest BCUT2D eigenvalue weighted by atomic mass is 16.5. The molecular weight excluding hydrogens is 294 g/mol. The number of hydrogen-bond donors (Lipinski definition) is 1. The molecule has 1 saturated heterocycles. The fraction of sp³-hybridized carbons (Fsp3) is 0.438. The lowest BCUT2D eigenvalue weighted by molar-refractivity contribution is 0.0914. The summed E-state index contributed by atoms with van der Waals surface area (Å²) in [5.74, 6) is 0.930. The number of likely N-dealkylation sites (N-methyl/N-ethyl adjacent to an activating group) is 1. The molecule has 0 unspecified atom stereocenters. The Morgan fingerprint density at radius 2 is 2.09 bits per heavy atom. The zero-order chi connectivity index (χ0) is 16.2. The Hall–Kier alpha value is -2.41. The number of hydrogen-bond acceptors (Lipinski definition) is 6. The molecule has 0 spiro atoms. The molecule has 0 radical (unpaired) electrons. The van der Waals surface area contributed by atoms with Crippen LogP contribution < -0.4 is 10.2 Å². The van der Waals surface area contributed by atoms with Crippen LogP contribution in [0.15, 0.2) is 28.9 Å². The molecule has 0 aliphatic carbocycles. The minimum atomic E-state index is -0.261. The summed E-state index contributed by atoms with van der Waals surface area (Å²) in [4.78, 5) is 21.0. The summed E-state index contributed by atoms with van der Waals surface area (Å²) in [7, 11) is 2.13. The van der Waals surface area contributed by atoms with Gasteiger partial charge in [0.15, 0.2) is 0 Å². The largest absolute Gasteiger partial charge is 0.354 e. The molecule has 7 heteroatoms. The molecule has 23 heavy (non-hydrogen) atoms. The molecule has 3 heterocycles. The lowest BCUT2D eigenvalue weighted by atomic mass is 10.2. The van der Waals surface area contributed by atoms with Gasteiger partial charge in [-0.25, -0.2) is 4.98 Å². The van der Waals surface area contributed by atoms with Crippen molar-refractivity contribution in [2.45, 2.75) is 13.5 Å². The summed E-state index contributed by atoms with van der Waals surface area (Å²) in [5.41, 5.74) is 1.70. The standard InChI is InChI=1S/C16H21N5O2/c1-12-9-14(23-19-12)16(22)18-11-13-3-4-17-15(10-13)21-7-5-20(2)6-8-21/h3-4,9-10H,5-8,11H2,1-2H3,(H,18,22). The molecule has 0 bridgehead atoms. The first-order valence-corrected chi connectivity index (χ1v) is 7.72. The second-order valence-corrected chi connectivity index (χ2v) is 5.83. The Morgan fingerprint density at radius 1 is 1.30 bits per heavy atom. The normalized spacial score (nSPS) is 15.7. The second-order valence-electron chi connectivity index (χ2n) is 5.83. The van der Waals surface area contributed by atoms with E-state index in [1.807, 2.05) is 12.1 Å². The van der Waals surface area contributed by atoms with Gasteiger partial charge in [-0.15, -0.1) is 0 Å². The van der Waals surface area contributed by atoms with Gasteiger partial charge in [0.05, 0.1) is 5.69 Å². The van der Waals surface area contributed by atoms with Crippen LogP contribution in [0.5, 0.6) is 0 Å². The molecule has 2 aromatic rings. The Labute approximate surface area is 135 Å². The molecule has 3 rings (SSSR count). The van der Waals surface area contributed by atoms with Crippen molar-refractivity contribution in [1.82, 2.24) is 20.4 Å². The Morgan fingerprint density at radius 3 is 2.78 bits per heavy atom. The Bertz CT molecular complexity index is 677. The first kappa shape index (κ1) is 15.5. The van der Waals surface area contributed by atoms with Gasteiger partial charge in [0.1, 0.15) is 5.82 Å². The van der Waals surface area contributed by atoms with Crippen LogP contribution in [0.4, 0.5) is 5.82 Å². The number of aryl methyl sites for hydroxylation is 1. The van der Waals surface area contributed by atoms with E-state index in [1.165, 1.54) is 0 Å². The van der Waals surface area contributed by atoms with Crippen molar-refractivity contribution in [1.29, 1.82) is 0 Å². The highest BCUT2D eigenvalue weighted by molar-refractivity contribution is 5.91. The number of nitrogens with one attached hydrogen (secondary N) is 1. The van der Waals surface area contributed by atoms with E-state index in [9.17, 15) is 4.79 Å². The number of piperazine rings is 1. The van der Waals surface area contributed by atoms with E-state index in [2.05, 4.69) is 32.3 Å². The maximum absolute atomic E-state index is 12.0. The van der Waals surface area contributed by atoms with Crippen molar-refractivity contribution in [3.63, 3.8) is 0 Å². The fourth-order valence-electron chi connectivity index (χ4n) is 2.52. The predicted octanol–water partition coefficient (Wildman–Crippen LogP) is 1.06. The van der Waals surface area contributed by atoms with Crippen molar-refractivity contribution in [3.8, 4) is 0 Å². The van der Waals surface area contributed by atoms with Crippen LogP contribution in [0.1, 0.15) is 21.8 Å². The number of amides is 1. The molecule has 1 N–H and O–H groups in total. The molecule has 0 atom stereocenters. The third kappa shape index (κ3) is 3.87. The van der Waals surface area contributed by atoms with Gasteiger partial charge in [-0.1, -0.05) is 5.16 Å². The van der Waals surface area contributed by atoms with Crippen molar-refractivity contribution in [3.05, 3.63) is 41.4 Å². The number of carbonyl (C=O) groups excluding carboxylic acids is 1. The van der Waals surface area contributed by atoms with Crippen LogP contribution in [0.25, 0.3) is 0 Å². The van der Waals surface area contributed by atoms with Gasteiger partial charge in [0, 0.05) is 45.0 Å². The average Bonchev–Trinajstić information content (AvgIpc) is 3.00. The third-order valence-corrected chi connectivity index (χ3v) is 3.94.